The molecule has 2 heterocycles. The lowest BCUT2D eigenvalue weighted by Gasteiger charge is -1.90. The van der Waals surface area contributed by atoms with Crippen molar-refractivity contribution in [3.8, 4) is 10.7 Å². The minimum atomic E-state index is -0.223. The van der Waals surface area contributed by atoms with E-state index < -0.39 is 0 Å². The molecule has 78 valence electrons. The zero-order valence-corrected chi connectivity index (χ0v) is 8.84. The number of hydrogen-bond donors (Lipinski definition) is 2. The van der Waals surface area contributed by atoms with E-state index in [1.807, 2.05) is 7.05 Å². The van der Waals surface area contributed by atoms with Crippen LogP contribution in [0.1, 0.15) is 5.01 Å². The van der Waals surface area contributed by atoms with Crippen LogP contribution in [0.4, 0.5) is 0 Å². The fourth-order valence-electron chi connectivity index (χ4n) is 1.04. The van der Waals surface area contributed by atoms with Crippen molar-refractivity contribution in [1.29, 1.82) is 0 Å². The van der Waals surface area contributed by atoms with Crippen molar-refractivity contribution in [2.24, 2.45) is 0 Å². The molecule has 0 fully saturated rings. The summed E-state index contributed by atoms with van der Waals surface area (Å²) in [7, 11) is 1.85. The SMILES string of the molecule is CNCc1nnc(-c2ccc(=O)[nH]n2)s1. The van der Waals surface area contributed by atoms with Gasteiger partial charge in [0.25, 0.3) is 5.56 Å². The standard InChI is InChI=1S/C8H9N5OS/c1-9-4-7-12-13-8(15-7)5-2-3-6(14)11-10-5/h2-3,9H,4H2,1H3,(H,11,14). The summed E-state index contributed by atoms with van der Waals surface area (Å²) in [5.74, 6) is 0. The van der Waals surface area contributed by atoms with Crippen molar-refractivity contribution in [2.75, 3.05) is 7.05 Å². The molecule has 2 rings (SSSR count). The highest BCUT2D eigenvalue weighted by Crippen LogP contribution is 2.19. The third kappa shape index (κ3) is 2.25. The monoisotopic (exact) mass is 223 g/mol. The van der Waals surface area contributed by atoms with Gasteiger partial charge in [-0.05, 0) is 13.1 Å². The molecular weight excluding hydrogens is 214 g/mol. The van der Waals surface area contributed by atoms with E-state index in [-0.39, 0.29) is 5.56 Å². The van der Waals surface area contributed by atoms with E-state index in [0.717, 1.165) is 5.01 Å². The van der Waals surface area contributed by atoms with Crippen LogP contribution in [0, 0.1) is 0 Å². The summed E-state index contributed by atoms with van der Waals surface area (Å²) in [4.78, 5) is 10.8. The summed E-state index contributed by atoms with van der Waals surface area (Å²) in [5, 5.41) is 18.8. The van der Waals surface area contributed by atoms with E-state index in [9.17, 15) is 4.79 Å². The van der Waals surface area contributed by atoms with E-state index in [0.29, 0.717) is 17.2 Å². The zero-order chi connectivity index (χ0) is 10.7. The minimum absolute atomic E-state index is 0.223. The molecule has 0 radical (unpaired) electrons. The second kappa shape index (κ2) is 4.28. The molecule has 7 heteroatoms. The van der Waals surface area contributed by atoms with Gasteiger partial charge in [-0.1, -0.05) is 11.3 Å². The summed E-state index contributed by atoms with van der Waals surface area (Å²) < 4.78 is 0. The molecule has 0 unspecified atom stereocenters. The molecule has 0 amide bonds. The fraction of sp³-hybridized carbons (Fsp3) is 0.250. The van der Waals surface area contributed by atoms with Gasteiger partial charge >= 0.3 is 0 Å². The zero-order valence-electron chi connectivity index (χ0n) is 8.02. The van der Waals surface area contributed by atoms with Gasteiger partial charge in [-0.25, -0.2) is 5.10 Å². The average molecular weight is 223 g/mol. The van der Waals surface area contributed by atoms with Crippen molar-refractivity contribution >= 4 is 11.3 Å². The van der Waals surface area contributed by atoms with Crippen molar-refractivity contribution < 1.29 is 0 Å². The quantitative estimate of drug-likeness (QED) is 0.765. The summed E-state index contributed by atoms with van der Waals surface area (Å²) in [6.07, 6.45) is 0. The van der Waals surface area contributed by atoms with Gasteiger partial charge in [0.2, 0.25) is 0 Å². The van der Waals surface area contributed by atoms with Crippen LogP contribution in [0.15, 0.2) is 16.9 Å². The summed E-state index contributed by atoms with van der Waals surface area (Å²) >= 11 is 1.45. The maximum atomic E-state index is 10.8. The molecule has 0 aliphatic rings. The molecule has 0 saturated heterocycles. The van der Waals surface area contributed by atoms with Crippen LogP contribution in [-0.2, 0) is 6.54 Å². The Kier molecular flexibility index (Phi) is 2.84. The van der Waals surface area contributed by atoms with Crippen molar-refractivity contribution in [3.63, 3.8) is 0 Å². The first kappa shape index (κ1) is 9.94. The highest BCUT2D eigenvalue weighted by Gasteiger charge is 2.06. The Bertz CT molecular complexity index is 485. The lowest BCUT2D eigenvalue weighted by molar-refractivity contribution is 0.794. The lowest BCUT2D eigenvalue weighted by atomic mass is 10.4. The van der Waals surface area contributed by atoms with Crippen molar-refractivity contribution in [3.05, 3.63) is 27.5 Å². The summed E-state index contributed by atoms with van der Waals surface area (Å²) in [5.41, 5.74) is 0.410. The van der Waals surface area contributed by atoms with Gasteiger partial charge in [-0.15, -0.1) is 10.2 Å². The van der Waals surface area contributed by atoms with E-state index in [1.54, 1.807) is 6.07 Å². The molecule has 0 bridgehead atoms. The number of aromatic amines is 1. The average Bonchev–Trinajstić information content (AvgIpc) is 2.68. The second-order valence-corrected chi connectivity index (χ2v) is 3.90. The predicted octanol–water partition coefficient (Wildman–Crippen LogP) is 0.00780. The van der Waals surface area contributed by atoms with Gasteiger partial charge in [0.1, 0.15) is 10.7 Å². The lowest BCUT2D eigenvalue weighted by Crippen LogP contribution is -2.05. The van der Waals surface area contributed by atoms with E-state index in [4.69, 9.17) is 0 Å². The number of hydrogen-bond acceptors (Lipinski definition) is 6. The Morgan fingerprint density at radius 1 is 1.47 bits per heavy atom. The van der Waals surface area contributed by atoms with Crippen LogP contribution in [0.5, 0.6) is 0 Å². The van der Waals surface area contributed by atoms with Gasteiger partial charge in [-0.2, -0.15) is 5.10 Å². The molecule has 15 heavy (non-hydrogen) atoms. The molecule has 2 aromatic heterocycles. The Balaban J connectivity index is 2.29. The molecule has 0 spiro atoms. The van der Waals surface area contributed by atoms with E-state index in [1.165, 1.54) is 17.4 Å². The molecule has 2 aromatic rings. The molecule has 0 aliphatic carbocycles. The highest BCUT2D eigenvalue weighted by atomic mass is 32.1. The van der Waals surface area contributed by atoms with Gasteiger partial charge in [0.05, 0.1) is 0 Å². The van der Waals surface area contributed by atoms with Gasteiger partial charge in [0.15, 0.2) is 5.01 Å². The van der Waals surface area contributed by atoms with Crippen molar-refractivity contribution in [2.45, 2.75) is 6.54 Å². The number of nitrogens with one attached hydrogen (secondary N) is 2. The summed E-state index contributed by atoms with van der Waals surface area (Å²) in [6.45, 7) is 0.682. The Morgan fingerprint density at radius 3 is 3.00 bits per heavy atom. The first-order valence-corrected chi connectivity index (χ1v) is 5.14. The number of rotatable bonds is 3. The third-order valence-electron chi connectivity index (χ3n) is 1.69. The van der Waals surface area contributed by atoms with Gasteiger partial charge < -0.3 is 5.32 Å². The van der Waals surface area contributed by atoms with Crippen LogP contribution in [0.2, 0.25) is 0 Å². The highest BCUT2D eigenvalue weighted by molar-refractivity contribution is 7.14. The molecule has 2 N–H and O–H groups in total. The normalized spacial score (nSPS) is 10.5. The Hall–Kier alpha value is -1.60. The maximum absolute atomic E-state index is 10.8. The van der Waals surface area contributed by atoms with Gasteiger partial charge in [-0.3, -0.25) is 4.79 Å². The van der Waals surface area contributed by atoms with E-state index >= 15 is 0 Å². The largest absolute Gasteiger partial charge is 0.313 e. The minimum Gasteiger partial charge on any atom is -0.313 e. The van der Waals surface area contributed by atoms with E-state index in [2.05, 4.69) is 25.7 Å². The van der Waals surface area contributed by atoms with Crippen LogP contribution in [0.3, 0.4) is 0 Å². The van der Waals surface area contributed by atoms with Crippen LogP contribution < -0.4 is 10.9 Å². The van der Waals surface area contributed by atoms with Crippen molar-refractivity contribution in [1.82, 2.24) is 25.7 Å². The Morgan fingerprint density at radius 2 is 2.33 bits per heavy atom. The van der Waals surface area contributed by atoms with Crippen LogP contribution >= 0.6 is 11.3 Å². The topological polar surface area (TPSA) is 83.6 Å². The molecule has 0 saturated carbocycles. The predicted molar refractivity (Wildman–Crippen MR) is 56.5 cm³/mol. The molecule has 6 nitrogen and oxygen atoms in total. The molecular formula is C8H9N5OS. The number of H-pyrrole nitrogens is 1. The molecule has 0 aliphatic heterocycles. The third-order valence-corrected chi connectivity index (χ3v) is 2.64. The molecule has 0 atom stereocenters. The molecule has 0 aromatic carbocycles. The number of aromatic nitrogens is 4. The first-order chi connectivity index (χ1) is 7.29. The maximum Gasteiger partial charge on any atom is 0.264 e. The second-order valence-electron chi connectivity index (χ2n) is 2.84. The fourth-order valence-corrected chi connectivity index (χ4v) is 1.86. The summed E-state index contributed by atoms with van der Waals surface area (Å²) in [6, 6.07) is 3.05. The van der Waals surface area contributed by atoms with Crippen LogP contribution in [-0.4, -0.2) is 27.4 Å². The smallest absolute Gasteiger partial charge is 0.264 e. The first-order valence-electron chi connectivity index (χ1n) is 4.32. The Labute approximate surface area is 89.4 Å². The van der Waals surface area contributed by atoms with Gasteiger partial charge in [0, 0.05) is 12.6 Å². The van der Waals surface area contributed by atoms with Crippen LogP contribution in [0.25, 0.3) is 10.7 Å². The number of nitrogens with zero attached hydrogens (tertiary/aromatic N) is 3.